The van der Waals surface area contributed by atoms with Crippen LogP contribution in [0.25, 0.3) is 0 Å². The Hall–Kier alpha value is -0.0800. The highest BCUT2D eigenvalue weighted by molar-refractivity contribution is 4.21. The highest BCUT2D eigenvalue weighted by Gasteiger charge is 1.61. The SMILES string of the molecule is CCCC[O-].O. The molecule has 2 N–H and O–H groups in total. The van der Waals surface area contributed by atoms with Crippen molar-refractivity contribution >= 4 is 0 Å². The minimum absolute atomic E-state index is 0. The van der Waals surface area contributed by atoms with E-state index in [1.54, 1.807) is 0 Å². The minimum atomic E-state index is 0. The molecule has 0 unspecified atom stereocenters. The van der Waals surface area contributed by atoms with Crippen molar-refractivity contribution < 1.29 is 10.6 Å². The Morgan fingerprint density at radius 2 is 2.00 bits per heavy atom. The predicted octanol–water partition coefficient (Wildman–Crippen LogP) is -0.678. The number of unbranched alkanes of at least 4 members (excludes halogenated alkanes) is 1. The summed E-state index contributed by atoms with van der Waals surface area (Å²) < 4.78 is 0. The molecule has 0 heterocycles. The Bertz CT molecular complexity index is 13.0. The Morgan fingerprint density at radius 3 is 2.00 bits per heavy atom. The molecule has 0 spiro atoms. The standard InChI is InChI=1S/C4H9O.H2O/c1-2-3-4-5;/h2-4H2,1H3;1H2/q-1;. The van der Waals surface area contributed by atoms with E-state index in [0.717, 1.165) is 12.8 Å². The van der Waals surface area contributed by atoms with E-state index < -0.39 is 0 Å². The average Bonchev–Trinajstić information content (AvgIpc) is 1.41. The molecule has 0 aromatic rings. The van der Waals surface area contributed by atoms with Gasteiger partial charge in [0.1, 0.15) is 0 Å². The molecule has 0 atom stereocenters. The molecular weight excluding hydrogens is 80.0 g/mol. The topological polar surface area (TPSA) is 54.6 Å². The van der Waals surface area contributed by atoms with Crippen LogP contribution in [-0.2, 0) is 0 Å². The summed E-state index contributed by atoms with van der Waals surface area (Å²) >= 11 is 0. The third-order valence-electron chi connectivity index (χ3n) is 0.498. The zero-order valence-electron chi connectivity index (χ0n) is 4.03. The van der Waals surface area contributed by atoms with Gasteiger partial charge in [-0.25, -0.2) is 0 Å². The van der Waals surface area contributed by atoms with E-state index in [4.69, 9.17) is 0 Å². The quantitative estimate of drug-likeness (QED) is 0.444. The lowest BCUT2D eigenvalue weighted by atomic mass is 10.4. The van der Waals surface area contributed by atoms with E-state index in [2.05, 4.69) is 0 Å². The van der Waals surface area contributed by atoms with E-state index in [-0.39, 0.29) is 12.1 Å². The van der Waals surface area contributed by atoms with Gasteiger partial charge in [-0.05, 0) is 0 Å². The van der Waals surface area contributed by atoms with Crippen molar-refractivity contribution in [2.45, 2.75) is 19.8 Å². The maximum atomic E-state index is 9.53. The minimum Gasteiger partial charge on any atom is -0.854 e. The molecule has 0 aliphatic carbocycles. The molecule has 0 bridgehead atoms. The monoisotopic (exact) mass is 91.1 g/mol. The number of rotatable bonds is 2. The first-order valence-electron chi connectivity index (χ1n) is 2.00. The Morgan fingerprint density at radius 1 is 1.50 bits per heavy atom. The van der Waals surface area contributed by atoms with Crippen molar-refractivity contribution in [1.29, 1.82) is 0 Å². The molecule has 0 aliphatic rings. The first kappa shape index (κ1) is 9.33. The van der Waals surface area contributed by atoms with Crippen molar-refractivity contribution in [2.75, 3.05) is 6.61 Å². The van der Waals surface area contributed by atoms with Crippen molar-refractivity contribution in [2.24, 2.45) is 0 Å². The fraction of sp³-hybridized carbons (Fsp3) is 1.00. The van der Waals surface area contributed by atoms with E-state index in [0.29, 0.717) is 0 Å². The van der Waals surface area contributed by atoms with Crippen LogP contribution in [0.2, 0.25) is 0 Å². The van der Waals surface area contributed by atoms with Gasteiger partial charge in [-0.2, -0.15) is 0 Å². The second-order valence-electron chi connectivity index (χ2n) is 1.06. The molecule has 0 rings (SSSR count). The molecule has 0 aromatic carbocycles. The molecule has 0 aromatic heterocycles. The Kier molecular flexibility index (Phi) is 13.8. The van der Waals surface area contributed by atoms with Gasteiger partial charge in [0, 0.05) is 0 Å². The molecule has 0 saturated carbocycles. The average molecular weight is 91.1 g/mol. The maximum Gasteiger partial charge on any atom is -0.0575 e. The van der Waals surface area contributed by atoms with E-state index in [1.807, 2.05) is 6.92 Å². The van der Waals surface area contributed by atoms with Crippen molar-refractivity contribution in [3.8, 4) is 0 Å². The summed E-state index contributed by atoms with van der Waals surface area (Å²) in [4.78, 5) is 0. The van der Waals surface area contributed by atoms with E-state index in [9.17, 15) is 5.11 Å². The van der Waals surface area contributed by atoms with E-state index in [1.165, 1.54) is 0 Å². The van der Waals surface area contributed by atoms with Gasteiger partial charge in [0.05, 0.1) is 0 Å². The second kappa shape index (κ2) is 8.87. The third-order valence-corrected chi connectivity index (χ3v) is 0.498. The van der Waals surface area contributed by atoms with Crippen LogP contribution in [-0.4, -0.2) is 12.1 Å². The normalized spacial score (nSPS) is 7.00. The summed E-state index contributed by atoms with van der Waals surface area (Å²) in [5.41, 5.74) is 0. The lowest BCUT2D eigenvalue weighted by Crippen LogP contribution is -2.03. The van der Waals surface area contributed by atoms with Crippen LogP contribution in [0.4, 0.5) is 0 Å². The summed E-state index contributed by atoms with van der Waals surface area (Å²) in [6, 6.07) is 0. The first-order chi connectivity index (χ1) is 2.41. The van der Waals surface area contributed by atoms with Crippen LogP contribution in [0.1, 0.15) is 19.8 Å². The molecule has 0 aliphatic heterocycles. The number of hydrogen-bond donors (Lipinski definition) is 0. The van der Waals surface area contributed by atoms with Crippen LogP contribution in [0.5, 0.6) is 0 Å². The molecule has 2 heteroatoms. The van der Waals surface area contributed by atoms with Crippen molar-refractivity contribution in [1.82, 2.24) is 0 Å². The zero-order valence-corrected chi connectivity index (χ0v) is 4.03. The van der Waals surface area contributed by atoms with Gasteiger partial charge in [0.15, 0.2) is 0 Å². The summed E-state index contributed by atoms with van der Waals surface area (Å²) in [6.45, 7) is 2.11. The van der Waals surface area contributed by atoms with Gasteiger partial charge >= 0.3 is 0 Å². The fourth-order valence-corrected chi connectivity index (χ4v) is 0.144. The molecule has 6 heavy (non-hydrogen) atoms. The highest BCUT2D eigenvalue weighted by Crippen LogP contribution is 1.76. The highest BCUT2D eigenvalue weighted by atomic mass is 16.2. The summed E-state index contributed by atoms with van der Waals surface area (Å²) in [5.74, 6) is 0. The summed E-state index contributed by atoms with van der Waals surface area (Å²) in [5, 5.41) is 9.53. The Labute approximate surface area is 38.1 Å². The second-order valence-corrected chi connectivity index (χ2v) is 1.06. The molecule has 40 valence electrons. The molecule has 0 amide bonds. The van der Waals surface area contributed by atoms with Crippen LogP contribution in [0.15, 0.2) is 0 Å². The predicted molar refractivity (Wildman–Crippen MR) is 23.4 cm³/mol. The smallest absolute Gasteiger partial charge is 0.0575 e. The van der Waals surface area contributed by atoms with Crippen molar-refractivity contribution in [3.05, 3.63) is 0 Å². The van der Waals surface area contributed by atoms with Gasteiger partial charge in [0.2, 0.25) is 0 Å². The lowest BCUT2D eigenvalue weighted by Gasteiger charge is -1.94. The third kappa shape index (κ3) is 9.07. The van der Waals surface area contributed by atoms with Gasteiger partial charge < -0.3 is 10.6 Å². The van der Waals surface area contributed by atoms with E-state index >= 15 is 0 Å². The van der Waals surface area contributed by atoms with Crippen LogP contribution >= 0.6 is 0 Å². The van der Waals surface area contributed by atoms with Crippen molar-refractivity contribution in [3.63, 3.8) is 0 Å². The largest absolute Gasteiger partial charge is 0.854 e. The van der Waals surface area contributed by atoms with Gasteiger partial charge in [-0.1, -0.05) is 19.8 Å². The Balaban J connectivity index is 0. The number of hydrogen-bond acceptors (Lipinski definition) is 1. The molecule has 0 radical (unpaired) electrons. The molecule has 0 fully saturated rings. The molecular formula is C4H11O2-. The van der Waals surface area contributed by atoms with Gasteiger partial charge in [-0.3, -0.25) is 0 Å². The van der Waals surface area contributed by atoms with Crippen LogP contribution < -0.4 is 5.11 Å². The lowest BCUT2D eigenvalue weighted by molar-refractivity contribution is -0.368. The van der Waals surface area contributed by atoms with Crippen LogP contribution in [0, 0.1) is 0 Å². The van der Waals surface area contributed by atoms with Crippen LogP contribution in [0.3, 0.4) is 0 Å². The zero-order chi connectivity index (χ0) is 4.12. The fourth-order valence-electron chi connectivity index (χ4n) is 0.144. The summed E-state index contributed by atoms with van der Waals surface area (Å²) in [6.07, 6.45) is 1.86. The van der Waals surface area contributed by atoms with Gasteiger partial charge in [0.25, 0.3) is 0 Å². The summed E-state index contributed by atoms with van der Waals surface area (Å²) in [7, 11) is 0. The first-order valence-corrected chi connectivity index (χ1v) is 2.00. The molecule has 2 nitrogen and oxygen atoms in total. The maximum absolute atomic E-state index is 9.53. The molecule has 0 saturated heterocycles. The van der Waals surface area contributed by atoms with Gasteiger partial charge in [-0.15, -0.1) is 6.61 Å².